The van der Waals surface area contributed by atoms with Crippen molar-refractivity contribution in [2.24, 2.45) is 0 Å². The van der Waals surface area contributed by atoms with E-state index in [1.165, 1.54) is 30.7 Å². The van der Waals surface area contributed by atoms with E-state index in [0.29, 0.717) is 11.1 Å². The summed E-state index contributed by atoms with van der Waals surface area (Å²) in [6, 6.07) is 12.7. The van der Waals surface area contributed by atoms with Crippen molar-refractivity contribution in [2.75, 3.05) is 4.72 Å². The van der Waals surface area contributed by atoms with Crippen molar-refractivity contribution in [3.63, 3.8) is 0 Å². The molecule has 0 amide bonds. The molecule has 6 nitrogen and oxygen atoms in total. The predicted molar refractivity (Wildman–Crippen MR) is 76.0 cm³/mol. The molecule has 0 aliphatic rings. The Bertz CT molecular complexity index is 955. The molecule has 3 aromatic rings. The fourth-order valence-electron chi connectivity index (χ4n) is 1.88. The minimum Gasteiger partial charge on any atom is -0.443 e. The van der Waals surface area contributed by atoms with E-state index >= 15 is 0 Å². The summed E-state index contributed by atoms with van der Waals surface area (Å²) in [5.74, 6) is 0. The molecule has 0 fully saturated rings. The van der Waals surface area contributed by atoms with Gasteiger partial charge in [0, 0.05) is 6.07 Å². The van der Waals surface area contributed by atoms with Crippen molar-refractivity contribution in [2.45, 2.75) is 4.90 Å². The highest BCUT2D eigenvalue weighted by Gasteiger charge is 2.17. The second kappa shape index (κ2) is 4.92. The Hall–Kier alpha value is -2.85. The lowest BCUT2D eigenvalue weighted by Crippen LogP contribution is -2.13. The standard InChI is InChI=1S/C14H9N3O3S/c15-8-10-3-1-2-4-12(10)17-21(18,19)11-5-6-13-14(7-11)20-9-16-13/h1-7,9,17H. The van der Waals surface area contributed by atoms with Gasteiger partial charge in [-0.1, -0.05) is 12.1 Å². The summed E-state index contributed by atoms with van der Waals surface area (Å²) in [7, 11) is -3.80. The van der Waals surface area contributed by atoms with E-state index in [0.717, 1.165) is 0 Å². The third-order valence-corrected chi connectivity index (χ3v) is 4.27. The van der Waals surface area contributed by atoms with Gasteiger partial charge < -0.3 is 4.42 Å². The number of oxazole rings is 1. The zero-order valence-electron chi connectivity index (χ0n) is 10.6. The predicted octanol–water partition coefficient (Wildman–Crippen LogP) is 2.50. The summed E-state index contributed by atoms with van der Waals surface area (Å²) in [4.78, 5) is 3.97. The van der Waals surface area contributed by atoms with Crippen molar-refractivity contribution in [3.05, 3.63) is 54.4 Å². The number of aromatic nitrogens is 1. The minimum absolute atomic E-state index is 0.0412. The highest BCUT2D eigenvalue weighted by atomic mass is 32.2. The Morgan fingerprint density at radius 1 is 1.19 bits per heavy atom. The lowest BCUT2D eigenvalue weighted by Gasteiger charge is -2.09. The third kappa shape index (κ3) is 2.44. The number of para-hydroxylation sites is 1. The molecule has 0 atom stereocenters. The Morgan fingerprint density at radius 2 is 2.00 bits per heavy atom. The van der Waals surface area contributed by atoms with E-state index in [-0.39, 0.29) is 16.1 Å². The molecule has 3 rings (SSSR count). The van der Waals surface area contributed by atoms with E-state index in [1.807, 2.05) is 6.07 Å². The number of benzene rings is 2. The first-order chi connectivity index (χ1) is 10.1. The fraction of sp³-hybridized carbons (Fsp3) is 0. The highest BCUT2D eigenvalue weighted by Crippen LogP contribution is 2.22. The van der Waals surface area contributed by atoms with E-state index in [2.05, 4.69) is 9.71 Å². The zero-order valence-corrected chi connectivity index (χ0v) is 11.5. The van der Waals surface area contributed by atoms with Crippen LogP contribution in [0.15, 0.2) is 58.2 Å². The molecule has 0 saturated heterocycles. The molecule has 0 saturated carbocycles. The van der Waals surface area contributed by atoms with Crippen molar-refractivity contribution < 1.29 is 12.8 Å². The maximum absolute atomic E-state index is 12.4. The first-order valence-corrected chi connectivity index (χ1v) is 7.44. The molecule has 0 aliphatic carbocycles. The summed E-state index contributed by atoms with van der Waals surface area (Å²) < 4.78 is 32.2. The van der Waals surface area contributed by atoms with Crippen LogP contribution in [0.1, 0.15) is 5.56 Å². The van der Waals surface area contributed by atoms with Gasteiger partial charge in [0.2, 0.25) is 0 Å². The van der Waals surface area contributed by atoms with Crippen LogP contribution in [0.2, 0.25) is 0 Å². The van der Waals surface area contributed by atoms with Crippen LogP contribution in [0.25, 0.3) is 11.1 Å². The molecule has 21 heavy (non-hydrogen) atoms. The summed E-state index contributed by atoms with van der Waals surface area (Å²) >= 11 is 0. The number of nitrogens with one attached hydrogen (secondary N) is 1. The lowest BCUT2D eigenvalue weighted by molar-refractivity contribution is 0.594. The monoisotopic (exact) mass is 299 g/mol. The van der Waals surface area contributed by atoms with Gasteiger partial charge in [0.05, 0.1) is 16.1 Å². The molecule has 7 heteroatoms. The number of nitriles is 1. The summed E-state index contributed by atoms with van der Waals surface area (Å²) in [6.45, 7) is 0. The van der Waals surface area contributed by atoms with E-state index in [1.54, 1.807) is 18.2 Å². The summed E-state index contributed by atoms with van der Waals surface area (Å²) in [5, 5.41) is 8.99. The molecular weight excluding hydrogens is 290 g/mol. The van der Waals surface area contributed by atoms with Crippen LogP contribution in [-0.2, 0) is 10.0 Å². The number of rotatable bonds is 3. The number of nitrogens with zero attached hydrogens (tertiary/aromatic N) is 2. The number of anilines is 1. The van der Waals surface area contributed by atoms with Crippen LogP contribution in [0.3, 0.4) is 0 Å². The Kier molecular flexibility index (Phi) is 3.08. The third-order valence-electron chi connectivity index (χ3n) is 2.90. The molecule has 1 N–H and O–H groups in total. The second-order valence-corrected chi connectivity index (χ2v) is 5.93. The van der Waals surface area contributed by atoms with E-state index in [9.17, 15) is 8.42 Å². The van der Waals surface area contributed by atoms with E-state index in [4.69, 9.17) is 9.68 Å². The minimum atomic E-state index is -3.80. The van der Waals surface area contributed by atoms with Gasteiger partial charge in [-0.2, -0.15) is 5.26 Å². The van der Waals surface area contributed by atoms with Gasteiger partial charge in [-0.15, -0.1) is 0 Å². The van der Waals surface area contributed by atoms with Crippen LogP contribution >= 0.6 is 0 Å². The van der Waals surface area contributed by atoms with Crippen molar-refractivity contribution in [1.82, 2.24) is 4.98 Å². The first kappa shape index (κ1) is 13.1. The van der Waals surface area contributed by atoms with Gasteiger partial charge in [0.1, 0.15) is 11.6 Å². The SMILES string of the molecule is N#Cc1ccccc1NS(=O)(=O)c1ccc2ncoc2c1. The second-order valence-electron chi connectivity index (χ2n) is 4.24. The van der Waals surface area contributed by atoms with Gasteiger partial charge in [-0.05, 0) is 24.3 Å². The van der Waals surface area contributed by atoms with Gasteiger partial charge >= 0.3 is 0 Å². The first-order valence-electron chi connectivity index (χ1n) is 5.95. The molecule has 1 heterocycles. The molecule has 2 aromatic carbocycles. The number of sulfonamides is 1. The molecule has 104 valence electrons. The van der Waals surface area contributed by atoms with Crippen LogP contribution in [0.4, 0.5) is 5.69 Å². The largest absolute Gasteiger partial charge is 0.443 e. The molecule has 0 radical (unpaired) electrons. The number of hydrogen-bond acceptors (Lipinski definition) is 5. The molecule has 1 aromatic heterocycles. The molecule has 0 aliphatic heterocycles. The average molecular weight is 299 g/mol. The van der Waals surface area contributed by atoms with Crippen molar-refractivity contribution >= 4 is 26.8 Å². The summed E-state index contributed by atoms with van der Waals surface area (Å²) in [6.07, 6.45) is 1.25. The van der Waals surface area contributed by atoms with Gasteiger partial charge in [0.15, 0.2) is 12.0 Å². The lowest BCUT2D eigenvalue weighted by atomic mass is 10.2. The van der Waals surface area contributed by atoms with Crippen molar-refractivity contribution in [3.8, 4) is 6.07 Å². The molecule has 0 bridgehead atoms. The van der Waals surface area contributed by atoms with Crippen LogP contribution < -0.4 is 4.72 Å². The smallest absolute Gasteiger partial charge is 0.262 e. The normalized spacial score (nSPS) is 11.2. The Morgan fingerprint density at radius 3 is 2.81 bits per heavy atom. The van der Waals surface area contributed by atoms with Crippen LogP contribution in [0, 0.1) is 11.3 Å². The quantitative estimate of drug-likeness (QED) is 0.801. The fourth-order valence-corrected chi connectivity index (χ4v) is 2.97. The van der Waals surface area contributed by atoms with Gasteiger partial charge in [-0.3, -0.25) is 4.72 Å². The number of fused-ring (bicyclic) bond motifs is 1. The summed E-state index contributed by atoms with van der Waals surface area (Å²) in [5.41, 5.74) is 1.44. The maximum atomic E-state index is 12.4. The zero-order chi connectivity index (χ0) is 14.9. The van der Waals surface area contributed by atoms with Crippen molar-refractivity contribution in [1.29, 1.82) is 5.26 Å². The topological polar surface area (TPSA) is 96.0 Å². The Balaban J connectivity index is 2.02. The number of hydrogen-bond donors (Lipinski definition) is 1. The average Bonchev–Trinajstić information content (AvgIpc) is 2.95. The molecule has 0 unspecified atom stereocenters. The van der Waals surface area contributed by atoms with Crippen LogP contribution in [0.5, 0.6) is 0 Å². The Labute approximate surface area is 120 Å². The van der Waals surface area contributed by atoms with Gasteiger partial charge in [-0.25, -0.2) is 13.4 Å². The maximum Gasteiger partial charge on any atom is 0.262 e. The molecular formula is C14H9N3O3S. The molecule has 0 spiro atoms. The van der Waals surface area contributed by atoms with E-state index < -0.39 is 10.0 Å². The van der Waals surface area contributed by atoms with Gasteiger partial charge in [0.25, 0.3) is 10.0 Å². The highest BCUT2D eigenvalue weighted by molar-refractivity contribution is 7.92. The van der Waals surface area contributed by atoms with Crippen LogP contribution in [-0.4, -0.2) is 13.4 Å².